The van der Waals surface area contributed by atoms with Crippen LogP contribution in [-0.4, -0.2) is 47.5 Å². The molecular formula is C26H26ClN7O2. The normalized spacial score (nSPS) is 12.3. The van der Waals surface area contributed by atoms with Gasteiger partial charge in [0.2, 0.25) is 23.6 Å². The Morgan fingerprint density at radius 1 is 0.806 bits per heavy atom. The fourth-order valence-corrected chi connectivity index (χ4v) is 4.33. The molecule has 5 rings (SSSR count). The number of benzene rings is 2. The van der Waals surface area contributed by atoms with Crippen LogP contribution in [0, 0.1) is 13.8 Å². The van der Waals surface area contributed by atoms with Crippen LogP contribution in [0.2, 0.25) is 0 Å². The minimum Gasteiger partial charge on any atom is -0.419 e. The van der Waals surface area contributed by atoms with Crippen molar-refractivity contribution in [3.8, 4) is 22.9 Å². The van der Waals surface area contributed by atoms with Crippen LogP contribution in [0.4, 0.5) is 0 Å². The average molecular weight is 504 g/mol. The van der Waals surface area contributed by atoms with Gasteiger partial charge in [-0.25, -0.2) is 0 Å². The van der Waals surface area contributed by atoms with E-state index in [9.17, 15) is 0 Å². The fourth-order valence-electron chi connectivity index (χ4n) is 4.10. The topological polar surface area (TPSA) is 98.9 Å². The molecule has 0 fully saturated rings. The zero-order chi connectivity index (χ0) is 24.9. The lowest BCUT2D eigenvalue weighted by molar-refractivity contribution is 0.182. The lowest BCUT2D eigenvalue weighted by atomic mass is 10.2. The lowest BCUT2D eigenvalue weighted by Gasteiger charge is -2.25. The van der Waals surface area contributed by atoms with E-state index in [-0.39, 0.29) is 6.04 Å². The highest BCUT2D eigenvalue weighted by Crippen LogP contribution is 2.22. The first-order valence-electron chi connectivity index (χ1n) is 11.7. The molecule has 184 valence electrons. The third-order valence-electron chi connectivity index (χ3n) is 5.73. The van der Waals surface area contributed by atoms with Gasteiger partial charge in [-0.3, -0.25) is 9.58 Å². The number of halogens is 1. The van der Waals surface area contributed by atoms with Gasteiger partial charge >= 0.3 is 0 Å². The van der Waals surface area contributed by atoms with E-state index in [1.165, 1.54) is 0 Å². The molecule has 0 spiro atoms. The van der Waals surface area contributed by atoms with Crippen molar-refractivity contribution < 1.29 is 8.83 Å². The Morgan fingerprint density at radius 2 is 1.33 bits per heavy atom. The Labute approximate surface area is 213 Å². The number of hydrogen-bond donors (Lipinski definition) is 0. The number of alkyl halides is 1. The van der Waals surface area contributed by atoms with Gasteiger partial charge in [-0.15, -0.1) is 32.0 Å². The predicted octanol–water partition coefficient (Wildman–Crippen LogP) is 5.08. The molecule has 0 aliphatic rings. The Morgan fingerprint density at radius 3 is 1.78 bits per heavy atom. The van der Waals surface area contributed by atoms with E-state index in [1.54, 1.807) is 0 Å². The van der Waals surface area contributed by atoms with E-state index >= 15 is 0 Å². The van der Waals surface area contributed by atoms with Gasteiger partial charge in [0.25, 0.3) is 0 Å². The second-order valence-corrected chi connectivity index (χ2v) is 8.89. The van der Waals surface area contributed by atoms with Gasteiger partial charge in [0.05, 0.1) is 24.8 Å². The third kappa shape index (κ3) is 5.53. The van der Waals surface area contributed by atoms with E-state index in [1.807, 2.05) is 85.3 Å². The molecule has 0 aliphatic heterocycles. The smallest absolute Gasteiger partial charge is 0.247 e. The minimum atomic E-state index is -0.0756. The average Bonchev–Trinajstić information content (AvgIpc) is 3.64. The van der Waals surface area contributed by atoms with Crippen LogP contribution in [0.5, 0.6) is 0 Å². The van der Waals surface area contributed by atoms with E-state index < -0.39 is 0 Å². The van der Waals surface area contributed by atoms with Crippen molar-refractivity contribution in [2.24, 2.45) is 0 Å². The molecule has 0 aliphatic carbocycles. The molecule has 0 bridgehead atoms. The van der Waals surface area contributed by atoms with Crippen molar-refractivity contribution in [2.75, 3.05) is 12.4 Å². The Hall–Kier alpha value is -3.82. The molecule has 0 amide bonds. The first-order valence-corrected chi connectivity index (χ1v) is 12.2. The second-order valence-electron chi connectivity index (χ2n) is 8.58. The van der Waals surface area contributed by atoms with Crippen molar-refractivity contribution in [2.45, 2.75) is 33.0 Å². The van der Waals surface area contributed by atoms with Gasteiger partial charge in [0.15, 0.2) is 0 Å². The summed E-state index contributed by atoms with van der Waals surface area (Å²) in [6.07, 6.45) is 0. The standard InChI is InChI=1S/C26H26ClN7O2/c1-18-13-19(2)34(32-18)22(14-27)15-33(16-23-28-30-25(35-23)20-9-5-3-6-10-20)17-24-29-31-26(36-24)21-11-7-4-8-12-21/h3-13,22H,14-17H2,1-2H3/t22-/m0/s1. The molecule has 0 saturated heterocycles. The predicted molar refractivity (Wildman–Crippen MR) is 135 cm³/mol. The van der Waals surface area contributed by atoms with Crippen molar-refractivity contribution in [1.82, 2.24) is 35.1 Å². The second kappa shape index (κ2) is 10.8. The van der Waals surface area contributed by atoms with Gasteiger partial charge in [-0.1, -0.05) is 36.4 Å². The summed E-state index contributed by atoms with van der Waals surface area (Å²) in [5, 5.41) is 21.6. The number of aryl methyl sites for hydroxylation is 2. The first-order chi connectivity index (χ1) is 17.6. The summed E-state index contributed by atoms with van der Waals surface area (Å²) in [6.45, 7) is 5.33. The molecule has 2 aromatic carbocycles. The minimum absolute atomic E-state index is 0.0756. The van der Waals surface area contributed by atoms with Crippen molar-refractivity contribution in [1.29, 1.82) is 0 Å². The fraction of sp³-hybridized carbons (Fsp3) is 0.269. The molecule has 10 heteroatoms. The maximum Gasteiger partial charge on any atom is 0.247 e. The van der Waals surface area contributed by atoms with Gasteiger partial charge in [-0.05, 0) is 44.2 Å². The van der Waals surface area contributed by atoms with Crippen molar-refractivity contribution >= 4 is 11.6 Å². The van der Waals surface area contributed by atoms with Crippen molar-refractivity contribution in [3.05, 3.63) is 89.9 Å². The van der Waals surface area contributed by atoms with Gasteiger partial charge in [0.1, 0.15) is 0 Å². The number of hydrogen-bond acceptors (Lipinski definition) is 8. The molecule has 0 radical (unpaired) electrons. The number of rotatable bonds is 10. The summed E-state index contributed by atoms with van der Waals surface area (Å²) in [5.41, 5.74) is 3.73. The third-order valence-corrected chi connectivity index (χ3v) is 6.09. The van der Waals surface area contributed by atoms with Gasteiger partial charge in [-0.2, -0.15) is 5.10 Å². The maximum absolute atomic E-state index is 6.41. The summed E-state index contributed by atoms with van der Waals surface area (Å²) >= 11 is 6.41. The van der Waals surface area contributed by atoms with Crippen molar-refractivity contribution in [3.63, 3.8) is 0 Å². The zero-order valence-corrected chi connectivity index (χ0v) is 20.8. The summed E-state index contributed by atoms with van der Waals surface area (Å²) in [7, 11) is 0. The largest absolute Gasteiger partial charge is 0.419 e. The van der Waals surface area contributed by atoms with E-state index in [4.69, 9.17) is 20.4 Å². The number of aromatic nitrogens is 6. The van der Waals surface area contributed by atoms with Crippen LogP contribution >= 0.6 is 11.6 Å². The zero-order valence-electron chi connectivity index (χ0n) is 20.1. The lowest BCUT2D eigenvalue weighted by Crippen LogP contribution is -2.32. The molecule has 3 aromatic heterocycles. The quantitative estimate of drug-likeness (QED) is 0.243. The summed E-state index contributed by atoms with van der Waals surface area (Å²) in [6, 6.07) is 21.3. The Bertz CT molecular complexity index is 1320. The van der Waals surface area contributed by atoms with E-state index in [2.05, 4.69) is 30.4 Å². The molecule has 0 N–H and O–H groups in total. The Kier molecular flexibility index (Phi) is 7.20. The molecule has 3 heterocycles. The number of nitrogens with zero attached hydrogens (tertiary/aromatic N) is 7. The summed E-state index contributed by atoms with van der Waals surface area (Å²) < 4.78 is 13.9. The monoisotopic (exact) mass is 503 g/mol. The van der Waals surface area contributed by atoms with E-state index in [0.29, 0.717) is 49.1 Å². The summed E-state index contributed by atoms with van der Waals surface area (Å²) in [5.74, 6) is 2.30. The highest BCUT2D eigenvalue weighted by atomic mass is 35.5. The first kappa shape index (κ1) is 23.9. The van der Waals surface area contributed by atoms with Crippen LogP contribution in [0.3, 0.4) is 0 Å². The Balaban J connectivity index is 1.39. The van der Waals surface area contributed by atoms with Crippen LogP contribution in [-0.2, 0) is 13.1 Å². The highest BCUT2D eigenvalue weighted by molar-refractivity contribution is 6.18. The highest BCUT2D eigenvalue weighted by Gasteiger charge is 2.23. The van der Waals surface area contributed by atoms with Crippen LogP contribution < -0.4 is 0 Å². The molecule has 5 aromatic rings. The molecule has 9 nitrogen and oxygen atoms in total. The van der Waals surface area contributed by atoms with Crippen LogP contribution in [0.25, 0.3) is 22.9 Å². The maximum atomic E-state index is 6.41. The SMILES string of the molecule is Cc1cc(C)n([C@@H](CCl)CN(Cc2nnc(-c3ccccc3)o2)Cc2nnc(-c3ccccc3)o2)n1. The summed E-state index contributed by atoms with van der Waals surface area (Å²) in [4.78, 5) is 2.11. The molecule has 1 atom stereocenters. The molecule has 36 heavy (non-hydrogen) atoms. The van der Waals surface area contributed by atoms with Gasteiger partial charge in [0, 0.05) is 29.2 Å². The molecule has 0 unspecified atom stereocenters. The van der Waals surface area contributed by atoms with Crippen LogP contribution in [0.15, 0.2) is 75.6 Å². The van der Waals surface area contributed by atoms with E-state index in [0.717, 1.165) is 22.5 Å². The van der Waals surface area contributed by atoms with Crippen LogP contribution in [0.1, 0.15) is 29.2 Å². The molecule has 0 saturated carbocycles. The van der Waals surface area contributed by atoms with Gasteiger partial charge < -0.3 is 8.83 Å². The molecular weight excluding hydrogens is 478 g/mol.